The third kappa shape index (κ3) is 3.01. The van der Waals surface area contributed by atoms with Crippen LogP contribution in [0.1, 0.15) is 28.9 Å². The number of carbonyl (C=O) groups excluding carboxylic acids is 1. The molecule has 2 N–H and O–H groups in total. The van der Waals surface area contributed by atoms with Crippen LogP contribution in [0.15, 0.2) is 42.7 Å². The van der Waals surface area contributed by atoms with Crippen molar-refractivity contribution in [1.29, 1.82) is 0 Å². The number of phenols is 2. The number of pyridine rings is 1. The van der Waals surface area contributed by atoms with Gasteiger partial charge in [-0.15, -0.1) is 0 Å². The van der Waals surface area contributed by atoms with E-state index in [4.69, 9.17) is 4.74 Å². The van der Waals surface area contributed by atoms with E-state index in [1.165, 1.54) is 18.3 Å². The van der Waals surface area contributed by atoms with Gasteiger partial charge in [0, 0.05) is 12.4 Å². The van der Waals surface area contributed by atoms with Crippen LogP contribution in [0.4, 0.5) is 0 Å². The molecule has 0 spiro atoms. The number of benzene rings is 1. The van der Waals surface area contributed by atoms with Gasteiger partial charge in [0.15, 0.2) is 11.5 Å². The van der Waals surface area contributed by atoms with Gasteiger partial charge in [0.05, 0.1) is 5.56 Å². The Balaban J connectivity index is 2.10. The number of hydrogen-bond donors (Lipinski definition) is 2. The molecular weight excluding hydrogens is 246 g/mol. The van der Waals surface area contributed by atoms with Gasteiger partial charge in [-0.1, -0.05) is 6.07 Å². The van der Waals surface area contributed by atoms with E-state index < -0.39 is 12.1 Å². The highest BCUT2D eigenvalue weighted by Crippen LogP contribution is 2.29. The SMILES string of the molecule is CC(OC(=O)c1cccnc1)c1ccc(O)c(O)c1. The average Bonchev–Trinajstić information content (AvgIpc) is 2.42. The summed E-state index contributed by atoms with van der Waals surface area (Å²) < 4.78 is 5.25. The summed E-state index contributed by atoms with van der Waals surface area (Å²) in [6.07, 6.45) is 2.45. The summed E-state index contributed by atoms with van der Waals surface area (Å²) in [5.74, 6) is -0.954. The fraction of sp³-hybridized carbons (Fsp3) is 0.143. The van der Waals surface area contributed by atoms with Gasteiger partial charge in [-0.05, 0) is 36.8 Å². The van der Waals surface area contributed by atoms with Crippen LogP contribution in [0.3, 0.4) is 0 Å². The number of phenolic OH excluding ortho intramolecular Hbond substituents is 2. The summed E-state index contributed by atoms with van der Waals surface area (Å²) in [5.41, 5.74) is 0.949. The molecule has 5 nitrogen and oxygen atoms in total. The van der Waals surface area contributed by atoms with Crippen LogP contribution in [-0.2, 0) is 4.74 Å². The van der Waals surface area contributed by atoms with Gasteiger partial charge in [-0.25, -0.2) is 4.79 Å². The zero-order chi connectivity index (χ0) is 13.8. The van der Waals surface area contributed by atoms with Crippen molar-refractivity contribution in [2.75, 3.05) is 0 Å². The molecule has 1 aromatic heterocycles. The third-order valence-corrected chi connectivity index (χ3v) is 2.65. The normalized spacial score (nSPS) is 11.8. The summed E-state index contributed by atoms with van der Waals surface area (Å²) in [5, 5.41) is 18.6. The average molecular weight is 259 g/mol. The number of aromatic nitrogens is 1. The van der Waals surface area contributed by atoms with Gasteiger partial charge >= 0.3 is 5.97 Å². The van der Waals surface area contributed by atoms with E-state index in [1.54, 1.807) is 31.3 Å². The summed E-state index contributed by atoms with van der Waals surface area (Å²) in [7, 11) is 0. The molecule has 0 aliphatic heterocycles. The minimum atomic E-state index is -0.542. The van der Waals surface area contributed by atoms with E-state index in [0.717, 1.165) is 0 Å². The highest BCUT2D eigenvalue weighted by molar-refractivity contribution is 5.89. The standard InChI is InChI=1S/C14H13NO4/c1-9(10-4-5-12(16)13(17)7-10)19-14(18)11-3-2-6-15-8-11/h2-9,16-17H,1H3. The third-order valence-electron chi connectivity index (χ3n) is 2.65. The van der Waals surface area contributed by atoms with E-state index in [1.807, 2.05) is 0 Å². The minimum absolute atomic E-state index is 0.213. The van der Waals surface area contributed by atoms with Crippen molar-refractivity contribution in [2.45, 2.75) is 13.0 Å². The molecule has 0 aliphatic rings. The molecule has 0 saturated heterocycles. The molecule has 2 rings (SSSR count). The predicted octanol–water partition coefficient (Wildman–Crippen LogP) is 2.41. The first-order valence-corrected chi connectivity index (χ1v) is 5.71. The molecule has 2 aromatic rings. The number of hydrogen-bond acceptors (Lipinski definition) is 5. The molecule has 1 atom stereocenters. The molecular formula is C14H13NO4. The Morgan fingerprint density at radius 2 is 2.05 bits per heavy atom. The molecule has 5 heteroatoms. The summed E-state index contributed by atoms with van der Waals surface area (Å²) >= 11 is 0. The molecule has 98 valence electrons. The zero-order valence-corrected chi connectivity index (χ0v) is 10.3. The van der Waals surface area contributed by atoms with Gasteiger partial charge in [0.25, 0.3) is 0 Å². The molecule has 0 fully saturated rings. The summed E-state index contributed by atoms with van der Waals surface area (Å²) in [4.78, 5) is 15.6. The first kappa shape index (κ1) is 12.9. The zero-order valence-electron chi connectivity index (χ0n) is 10.3. The van der Waals surface area contributed by atoms with E-state index >= 15 is 0 Å². The maximum Gasteiger partial charge on any atom is 0.340 e. The molecule has 1 heterocycles. The van der Waals surface area contributed by atoms with E-state index in [2.05, 4.69) is 4.98 Å². The van der Waals surface area contributed by atoms with Crippen LogP contribution in [0.2, 0.25) is 0 Å². The Labute approximate surface area is 110 Å². The van der Waals surface area contributed by atoms with Crippen molar-refractivity contribution in [3.8, 4) is 11.5 Å². The highest BCUT2D eigenvalue weighted by Gasteiger charge is 2.14. The molecule has 0 aliphatic carbocycles. The van der Waals surface area contributed by atoms with Gasteiger partial charge in [0.2, 0.25) is 0 Å². The second-order valence-corrected chi connectivity index (χ2v) is 4.04. The van der Waals surface area contributed by atoms with E-state index in [0.29, 0.717) is 11.1 Å². The van der Waals surface area contributed by atoms with Crippen LogP contribution >= 0.6 is 0 Å². The lowest BCUT2D eigenvalue weighted by Gasteiger charge is -2.14. The molecule has 1 unspecified atom stereocenters. The fourth-order valence-electron chi connectivity index (χ4n) is 1.57. The van der Waals surface area contributed by atoms with Crippen LogP contribution in [0.25, 0.3) is 0 Å². The molecule has 19 heavy (non-hydrogen) atoms. The van der Waals surface area contributed by atoms with E-state index in [9.17, 15) is 15.0 Å². The first-order chi connectivity index (χ1) is 9.08. The van der Waals surface area contributed by atoms with Crippen LogP contribution in [0.5, 0.6) is 11.5 Å². The Morgan fingerprint density at radius 3 is 2.68 bits per heavy atom. The number of nitrogens with zero attached hydrogens (tertiary/aromatic N) is 1. The number of ether oxygens (including phenoxy) is 1. The molecule has 0 saturated carbocycles. The second-order valence-electron chi connectivity index (χ2n) is 4.04. The Morgan fingerprint density at radius 1 is 1.26 bits per heavy atom. The van der Waals surface area contributed by atoms with Crippen molar-refractivity contribution >= 4 is 5.97 Å². The first-order valence-electron chi connectivity index (χ1n) is 5.71. The molecule has 0 amide bonds. The topological polar surface area (TPSA) is 79.7 Å². The maximum atomic E-state index is 11.8. The van der Waals surface area contributed by atoms with Crippen LogP contribution in [0, 0.1) is 0 Å². The Kier molecular flexibility index (Phi) is 3.66. The van der Waals surface area contributed by atoms with Gasteiger partial charge in [-0.2, -0.15) is 0 Å². The quantitative estimate of drug-likeness (QED) is 0.653. The smallest absolute Gasteiger partial charge is 0.340 e. The van der Waals surface area contributed by atoms with Crippen LogP contribution in [-0.4, -0.2) is 21.2 Å². The van der Waals surface area contributed by atoms with Crippen molar-refractivity contribution in [3.05, 3.63) is 53.9 Å². The predicted molar refractivity (Wildman–Crippen MR) is 67.8 cm³/mol. The van der Waals surface area contributed by atoms with Gasteiger partial charge < -0.3 is 14.9 Å². The number of aromatic hydroxyl groups is 2. The lowest BCUT2D eigenvalue weighted by atomic mass is 10.1. The highest BCUT2D eigenvalue weighted by atomic mass is 16.5. The lowest BCUT2D eigenvalue weighted by Crippen LogP contribution is -2.09. The van der Waals surface area contributed by atoms with Crippen LogP contribution < -0.4 is 0 Å². The monoisotopic (exact) mass is 259 g/mol. The van der Waals surface area contributed by atoms with Gasteiger partial charge in [0.1, 0.15) is 6.10 Å². The summed E-state index contributed by atoms with van der Waals surface area (Å²) in [6, 6.07) is 7.54. The molecule has 0 bridgehead atoms. The van der Waals surface area contributed by atoms with Gasteiger partial charge in [-0.3, -0.25) is 4.98 Å². The largest absolute Gasteiger partial charge is 0.504 e. The lowest BCUT2D eigenvalue weighted by molar-refractivity contribution is 0.0337. The maximum absolute atomic E-state index is 11.8. The Hall–Kier alpha value is -2.56. The number of carbonyl (C=O) groups is 1. The minimum Gasteiger partial charge on any atom is -0.504 e. The number of esters is 1. The summed E-state index contributed by atoms with van der Waals surface area (Å²) in [6.45, 7) is 1.68. The fourth-order valence-corrected chi connectivity index (χ4v) is 1.57. The number of rotatable bonds is 3. The van der Waals surface area contributed by atoms with Crippen molar-refractivity contribution in [1.82, 2.24) is 4.98 Å². The Bertz CT molecular complexity index is 583. The molecule has 1 aromatic carbocycles. The van der Waals surface area contributed by atoms with E-state index in [-0.39, 0.29) is 11.5 Å². The van der Waals surface area contributed by atoms with Crippen molar-refractivity contribution in [2.24, 2.45) is 0 Å². The van der Waals surface area contributed by atoms with Crippen molar-refractivity contribution < 1.29 is 19.7 Å². The second kappa shape index (κ2) is 5.39. The van der Waals surface area contributed by atoms with Crippen molar-refractivity contribution in [3.63, 3.8) is 0 Å². The molecule has 0 radical (unpaired) electrons.